The summed E-state index contributed by atoms with van der Waals surface area (Å²) in [6, 6.07) is -0.0388. The highest BCUT2D eigenvalue weighted by Gasteiger charge is 2.53. The Labute approximate surface area is 87.1 Å². The summed E-state index contributed by atoms with van der Waals surface area (Å²) in [5, 5.41) is 13.2. The molecule has 0 saturated heterocycles. The molecule has 0 unspecified atom stereocenters. The number of carbonyl (C=O) groups is 1. The van der Waals surface area contributed by atoms with Gasteiger partial charge in [-0.1, -0.05) is 0 Å². The van der Waals surface area contributed by atoms with E-state index in [-0.39, 0.29) is 6.04 Å². The molecule has 3 N–H and O–H groups in total. The number of hydrogen-bond donors (Lipinski definition) is 2. The Morgan fingerprint density at radius 2 is 2.47 bits per heavy atom. The van der Waals surface area contributed by atoms with Gasteiger partial charge in [0.05, 0.1) is 0 Å². The summed E-state index contributed by atoms with van der Waals surface area (Å²) in [5.41, 5.74) is 4.76. The van der Waals surface area contributed by atoms with Crippen LogP contribution in [0.1, 0.15) is 25.6 Å². The molecule has 0 bridgehead atoms. The summed E-state index contributed by atoms with van der Waals surface area (Å²) in [4.78, 5) is 15.3. The Balaban J connectivity index is 2.38. The van der Waals surface area contributed by atoms with Gasteiger partial charge in [0.1, 0.15) is 17.6 Å². The van der Waals surface area contributed by atoms with Crippen molar-refractivity contribution in [1.29, 1.82) is 0 Å². The molecule has 1 aromatic heterocycles. The topological polar surface area (TPSA) is 94.0 Å². The minimum atomic E-state index is -0.911. The average Bonchev–Trinajstić information content (AvgIpc) is 2.59. The van der Waals surface area contributed by atoms with Crippen LogP contribution in [-0.2, 0) is 16.8 Å². The molecule has 1 aliphatic rings. The summed E-state index contributed by atoms with van der Waals surface area (Å²) in [7, 11) is 0. The predicted molar refractivity (Wildman–Crippen MR) is 52.2 cm³/mol. The number of nitrogens with two attached hydrogens (primary N) is 1. The molecule has 15 heavy (non-hydrogen) atoms. The second-order valence-electron chi connectivity index (χ2n) is 3.95. The van der Waals surface area contributed by atoms with Crippen molar-refractivity contribution < 1.29 is 9.90 Å². The molecular weight excluding hydrogens is 196 g/mol. The molecule has 0 aromatic carbocycles. The maximum absolute atomic E-state index is 11.3. The van der Waals surface area contributed by atoms with E-state index in [0.29, 0.717) is 25.2 Å². The standard InChI is InChI=1S/C9H14N4O2/c1-2-13-7(11-5-12-13)9(8(14)15)3-6(10)4-9/h5-6H,2-4,10H2,1H3,(H,14,15). The van der Waals surface area contributed by atoms with E-state index in [9.17, 15) is 9.90 Å². The van der Waals surface area contributed by atoms with Crippen molar-refractivity contribution in [1.82, 2.24) is 14.8 Å². The van der Waals surface area contributed by atoms with Crippen LogP contribution in [-0.4, -0.2) is 31.9 Å². The minimum absolute atomic E-state index is 0.0388. The highest BCUT2D eigenvalue weighted by Crippen LogP contribution is 2.42. The number of aryl methyl sites for hydroxylation is 1. The lowest BCUT2D eigenvalue weighted by Crippen LogP contribution is -2.55. The fraction of sp³-hybridized carbons (Fsp3) is 0.667. The molecule has 1 aliphatic carbocycles. The SMILES string of the molecule is CCn1ncnc1C1(C(=O)O)CC(N)C1. The molecule has 6 nitrogen and oxygen atoms in total. The maximum Gasteiger partial charge on any atom is 0.317 e. The first-order valence-electron chi connectivity index (χ1n) is 4.97. The van der Waals surface area contributed by atoms with Crippen LogP contribution in [0.15, 0.2) is 6.33 Å². The van der Waals surface area contributed by atoms with Gasteiger partial charge in [-0.15, -0.1) is 0 Å². The normalized spacial score (nSPS) is 29.9. The summed E-state index contributed by atoms with van der Waals surface area (Å²) in [5.74, 6) is -0.328. The predicted octanol–water partition coefficient (Wildman–Crippen LogP) is -0.258. The number of carboxylic acids is 1. The van der Waals surface area contributed by atoms with Gasteiger partial charge in [0.15, 0.2) is 0 Å². The van der Waals surface area contributed by atoms with Crippen molar-refractivity contribution in [3.8, 4) is 0 Å². The lowest BCUT2D eigenvalue weighted by atomic mass is 9.65. The van der Waals surface area contributed by atoms with E-state index >= 15 is 0 Å². The first-order valence-corrected chi connectivity index (χ1v) is 4.97. The summed E-state index contributed by atoms with van der Waals surface area (Å²) in [6.45, 7) is 2.53. The van der Waals surface area contributed by atoms with Crippen molar-refractivity contribution in [2.45, 2.75) is 37.8 Å². The van der Waals surface area contributed by atoms with E-state index in [1.807, 2.05) is 6.92 Å². The van der Waals surface area contributed by atoms with Gasteiger partial charge in [0.25, 0.3) is 0 Å². The quantitative estimate of drug-likeness (QED) is 0.717. The van der Waals surface area contributed by atoms with Gasteiger partial charge in [0.2, 0.25) is 0 Å². The highest BCUT2D eigenvalue weighted by molar-refractivity contribution is 5.81. The first-order chi connectivity index (χ1) is 7.10. The molecule has 82 valence electrons. The third kappa shape index (κ3) is 1.32. The zero-order valence-electron chi connectivity index (χ0n) is 8.55. The maximum atomic E-state index is 11.3. The zero-order valence-corrected chi connectivity index (χ0v) is 8.55. The number of aliphatic carboxylic acids is 1. The Kier molecular flexibility index (Phi) is 2.22. The second-order valence-corrected chi connectivity index (χ2v) is 3.95. The third-order valence-corrected chi connectivity index (χ3v) is 2.97. The average molecular weight is 210 g/mol. The van der Waals surface area contributed by atoms with Gasteiger partial charge in [-0.2, -0.15) is 5.10 Å². The van der Waals surface area contributed by atoms with E-state index < -0.39 is 11.4 Å². The van der Waals surface area contributed by atoms with Crippen LogP contribution in [0.5, 0.6) is 0 Å². The van der Waals surface area contributed by atoms with Crippen LogP contribution in [0, 0.1) is 0 Å². The van der Waals surface area contributed by atoms with Crippen LogP contribution in [0.2, 0.25) is 0 Å². The van der Waals surface area contributed by atoms with Crippen LogP contribution in [0.4, 0.5) is 0 Å². The number of aromatic nitrogens is 3. The molecule has 0 aliphatic heterocycles. The van der Waals surface area contributed by atoms with E-state index in [4.69, 9.17) is 5.73 Å². The third-order valence-electron chi connectivity index (χ3n) is 2.97. The van der Waals surface area contributed by atoms with E-state index in [2.05, 4.69) is 10.1 Å². The number of rotatable bonds is 3. The Hall–Kier alpha value is -1.43. The molecule has 0 spiro atoms. The van der Waals surface area contributed by atoms with Gasteiger partial charge in [-0.3, -0.25) is 4.79 Å². The van der Waals surface area contributed by atoms with Crippen LogP contribution >= 0.6 is 0 Å². The molecule has 1 fully saturated rings. The largest absolute Gasteiger partial charge is 0.480 e. The monoisotopic (exact) mass is 210 g/mol. The van der Waals surface area contributed by atoms with Gasteiger partial charge < -0.3 is 10.8 Å². The van der Waals surface area contributed by atoms with Gasteiger partial charge >= 0.3 is 5.97 Å². The lowest BCUT2D eigenvalue weighted by Gasteiger charge is -2.41. The summed E-state index contributed by atoms with van der Waals surface area (Å²) < 4.78 is 1.62. The second kappa shape index (κ2) is 3.30. The Morgan fingerprint density at radius 1 is 1.80 bits per heavy atom. The van der Waals surface area contributed by atoms with E-state index in [1.165, 1.54) is 6.33 Å². The molecule has 1 heterocycles. The minimum Gasteiger partial charge on any atom is -0.480 e. The Bertz CT molecular complexity index is 381. The molecule has 0 atom stereocenters. The number of hydrogen-bond acceptors (Lipinski definition) is 4. The molecule has 1 aromatic rings. The fourth-order valence-electron chi connectivity index (χ4n) is 2.15. The molecule has 0 radical (unpaired) electrons. The van der Waals surface area contributed by atoms with E-state index in [1.54, 1.807) is 4.68 Å². The van der Waals surface area contributed by atoms with Gasteiger partial charge in [0, 0.05) is 12.6 Å². The van der Waals surface area contributed by atoms with Crippen molar-refractivity contribution in [2.75, 3.05) is 0 Å². The first kappa shape index (κ1) is 10.1. The lowest BCUT2D eigenvalue weighted by molar-refractivity contribution is -0.148. The Morgan fingerprint density at radius 3 is 2.93 bits per heavy atom. The summed E-state index contributed by atoms with van der Waals surface area (Å²) in [6.07, 6.45) is 2.29. The molecule has 0 amide bonds. The van der Waals surface area contributed by atoms with Crippen molar-refractivity contribution in [3.05, 3.63) is 12.2 Å². The molecule has 6 heteroatoms. The molecule has 1 saturated carbocycles. The highest BCUT2D eigenvalue weighted by atomic mass is 16.4. The van der Waals surface area contributed by atoms with Crippen molar-refractivity contribution in [2.24, 2.45) is 5.73 Å². The van der Waals surface area contributed by atoms with E-state index in [0.717, 1.165) is 0 Å². The van der Waals surface area contributed by atoms with Crippen LogP contribution < -0.4 is 5.73 Å². The zero-order chi connectivity index (χ0) is 11.1. The summed E-state index contributed by atoms with van der Waals surface area (Å²) >= 11 is 0. The molecule has 2 rings (SSSR count). The number of nitrogens with zero attached hydrogens (tertiary/aromatic N) is 3. The van der Waals surface area contributed by atoms with Crippen LogP contribution in [0.25, 0.3) is 0 Å². The fourth-order valence-corrected chi connectivity index (χ4v) is 2.15. The molecular formula is C9H14N4O2. The van der Waals surface area contributed by atoms with Gasteiger partial charge in [-0.25, -0.2) is 9.67 Å². The van der Waals surface area contributed by atoms with Crippen molar-refractivity contribution >= 4 is 5.97 Å². The van der Waals surface area contributed by atoms with Crippen molar-refractivity contribution in [3.63, 3.8) is 0 Å². The number of carboxylic acid groups (broad SMARTS) is 1. The van der Waals surface area contributed by atoms with Gasteiger partial charge in [-0.05, 0) is 19.8 Å². The smallest absolute Gasteiger partial charge is 0.317 e. The van der Waals surface area contributed by atoms with Crippen LogP contribution in [0.3, 0.4) is 0 Å².